The molecule has 0 spiro atoms. The van der Waals surface area contributed by atoms with Crippen LogP contribution in [-0.2, 0) is 10.0 Å². The van der Waals surface area contributed by atoms with Gasteiger partial charge >= 0.3 is 0 Å². The van der Waals surface area contributed by atoms with Crippen molar-refractivity contribution in [1.82, 2.24) is 4.31 Å². The van der Waals surface area contributed by atoms with Crippen molar-refractivity contribution >= 4 is 33.2 Å². The van der Waals surface area contributed by atoms with Gasteiger partial charge in [0.05, 0.1) is 5.02 Å². The van der Waals surface area contributed by atoms with Crippen LogP contribution in [0.5, 0.6) is 0 Å². The molecular formula is C11H14Cl2N2O2S. The van der Waals surface area contributed by atoms with Crippen LogP contribution in [0.25, 0.3) is 0 Å². The number of hydrogen-bond acceptors (Lipinski definition) is 3. The van der Waals surface area contributed by atoms with Crippen molar-refractivity contribution in [3.63, 3.8) is 0 Å². The number of sulfonamides is 1. The van der Waals surface area contributed by atoms with E-state index < -0.39 is 10.0 Å². The lowest BCUT2D eigenvalue weighted by molar-refractivity contribution is 0.459. The van der Waals surface area contributed by atoms with Crippen LogP contribution in [0.1, 0.15) is 6.42 Å². The van der Waals surface area contributed by atoms with E-state index in [-0.39, 0.29) is 15.8 Å². The van der Waals surface area contributed by atoms with Crippen molar-refractivity contribution < 1.29 is 8.42 Å². The van der Waals surface area contributed by atoms with Crippen LogP contribution in [-0.4, -0.2) is 32.4 Å². The molecule has 1 saturated heterocycles. The van der Waals surface area contributed by atoms with Gasteiger partial charge in [-0.05, 0) is 37.1 Å². The maximum Gasteiger partial charge on any atom is 0.244 e. The third-order valence-corrected chi connectivity index (χ3v) is 5.67. The highest BCUT2D eigenvalue weighted by Gasteiger charge is 2.33. The minimum Gasteiger partial charge on any atom is -0.330 e. The molecule has 4 nitrogen and oxygen atoms in total. The highest BCUT2D eigenvalue weighted by atomic mass is 35.5. The van der Waals surface area contributed by atoms with E-state index in [9.17, 15) is 8.42 Å². The van der Waals surface area contributed by atoms with Gasteiger partial charge in [0.1, 0.15) is 4.90 Å². The van der Waals surface area contributed by atoms with E-state index >= 15 is 0 Å². The van der Waals surface area contributed by atoms with Crippen LogP contribution < -0.4 is 5.73 Å². The van der Waals surface area contributed by atoms with E-state index in [2.05, 4.69) is 0 Å². The van der Waals surface area contributed by atoms with Crippen molar-refractivity contribution in [3.8, 4) is 0 Å². The Bertz CT molecular complexity index is 548. The highest BCUT2D eigenvalue weighted by Crippen LogP contribution is 2.30. The third kappa shape index (κ3) is 2.65. The molecule has 1 heterocycles. The highest BCUT2D eigenvalue weighted by molar-refractivity contribution is 7.89. The average Bonchev–Trinajstić information content (AvgIpc) is 2.81. The molecule has 1 aliphatic heterocycles. The fraction of sp³-hybridized carbons (Fsp3) is 0.455. The molecule has 1 unspecified atom stereocenters. The van der Waals surface area contributed by atoms with Crippen LogP contribution in [0.15, 0.2) is 23.1 Å². The van der Waals surface area contributed by atoms with Crippen LogP contribution in [0.3, 0.4) is 0 Å². The quantitative estimate of drug-likeness (QED) is 0.928. The van der Waals surface area contributed by atoms with E-state index in [1.807, 2.05) is 0 Å². The lowest BCUT2D eigenvalue weighted by atomic mass is 10.1. The maximum absolute atomic E-state index is 12.4. The second-order valence-electron chi connectivity index (χ2n) is 4.33. The van der Waals surface area contributed by atoms with Crippen molar-refractivity contribution in [3.05, 3.63) is 28.2 Å². The Hall–Kier alpha value is -0.330. The van der Waals surface area contributed by atoms with Gasteiger partial charge < -0.3 is 5.73 Å². The fourth-order valence-corrected chi connectivity index (χ4v) is 4.29. The molecule has 0 aromatic heterocycles. The van der Waals surface area contributed by atoms with Crippen LogP contribution in [0.2, 0.25) is 10.0 Å². The van der Waals surface area contributed by atoms with Gasteiger partial charge in [0.25, 0.3) is 0 Å². The van der Waals surface area contributed by atoms with Crippen molar-refractivity contribution in [2.75, 3.05) is 19.6 Å². The Labute approximate surface area is 117 Å². The number of benzene rings is 1. The van der Waals surface area contributed by atoms with Crippen LogP contribution in [0.4, 0.5) is 0 Å². The van der Waals surface area contributed by atoms with Crippen molar-refractivity contribution in [2.24, 2.45) is 11.7 Å². The number of rotatable bonds is 3. The number of nitrogens with zero attached hydrogens (tertiary/aromatic N) is 1. The Morgan fingerprint density at radius 1 is 1.39 bits per heavy atom. The molecule has 0 aliphatic carbocycles. The van der Waals surface area contributed by atoms with E-state index in [0.717, 1.165) is 6.42 Å². The number of halogens is 2. The molecule has 2 N–H and O–H groups in total. The standard InChI is InChI=1S/C11H14Cl2N2O2S/c12-9-1-2-10(13)11(5-9)18(16,17)15-4-3-8(6-14)7-15/h1-2,5,8H,3-4,6-7,14H2. The Kier molecular flexibility index (Phi) is 4.18. The Morgan fingerprint density at radius 3 is 2.72 bits per heavy atom. The molecule has 0 amide bonds. The van der Waals surface area contributed by atoms with Gasteiger partial charge in [-0.3, -0.25) is 0 Å². The maximum atomic E-state index is 12.4. The van der Waals surface area contributed by atoms with Gasteiger partial charge in [-0.15, -0.1) is 0 Å². The first-order valence-corrected chi connectivity index (χ1v) is 7.80. The summed E-state index contributed by atoms with van der Waals surface area (Å²) in [5.41, 5.74) is 5.56. The smallest absolute Gasteiger partial charge is 0.244 e. The fourth-order valence-electron chi connectivity index (χ4n) is 2.02. The van der Waals surface area contributed by atoms with Gasteiger partial charge in [-0.25, -0.2) is 8.42 Å². The van der Waals surface area contributed by atoms with Gasteiger partial charge in [-0.1, -0.05) is 23.2 Å². The second-order valence-corrected chi connectivity index (χ2v) is 7.08. The summed E-state index contributed by atoms with van der Waals surface area (Å²) in [6.45, 7) is 1.42. The molecule has 1 fully saturated rings. The summed E-state index contributed by atoms with van der Waals surface area (Å²) in [6, 6.07) is 4.44. The predicted molar refractivity (Wildman–Crippen MR) is 72.4 cm³/mol. The first-order chi connectivity index (χ1) is 8.45. The molecule has 0 radical (unpaired) electrons. The summed E-state index contributed by atoms with van der Waals surface area (Å²) in [6.07, 6.45) is 0.786. The molecule has 1 atom stereocenters. The predicted octanol–water partition coefficient (Wildman–Crippen LogP) is 1.96. The normalized spacial score (nSPS) is 21.4. The second kappa shape index (κ2) is 5.35. The molecule has 7 heteroatoms. The Morgan fingerprint density at radius 2 is 2.11 bits per heavy atom. The topological polar surface area (TPSA) is 63.4 Å². The van der Waals surface area contributed by atoms with E-state index in [4.69, 9.17) is 28.9 Å². The molecular weight excluding hydrogens is 295 g/mol. The Balaban J connectivity index is 2.34. The van der Waals surface area contributed by atoms with Crippen LogP contribution >= 0.6 is 23.2 Å². The summed E-state index contributed by atoms with van der Waals surface area (Å²) in [7, 11) is -3.57. The van der Waals surface area contributed by atoms with Crippen molar-refractivity contribution in [1.29, 1.82) is 0 Å². The van der Waals surface area contributed by atoms with Crippen LogP contribution in [0, 0.1) is 5.92 Å². The van der Waals surface area contributed by atoms with Gasteiger partial charge in [0.2, 0.25) is 10.0 Å². The van der Waals surface area contributed by atoms with E-state index in [1.165, 1.54) is 16.4 Å². The molecule has 1 aromatic carbocycles. The zero-order chi connectivity index (χ0) is 13.3. The number of hydrogen-bond donors (Lipinski definition) is 1. The molecule has 18 heavy (non-hydrogen) atoms. The third-order valence-electron chi connectivity index (χ3n) is 3.09. The first-order valence-electron chi connectivity index (χ1n) is 5.60. The SMILES string of the molecule is NCC1CCN(S(=O)(=O)c2cc(Cl)ccc2Cl)C1. The molecule has 1 aliphatic rings. The van der Waals surface area contributed by atoms with Gasteiger partial charge in [0, 0.05) is 18.1 Å². The molecule has 100 valence electrons. The number of nitrogens with two attached hydrogens (primary N) is 1. The zero-order valence-corrected chi connectivity index (χ0v) is 12.0. The average molecular weight is 309 g/mol. The van der Waals surface area contributed by atoms with Gasteiger partial charge in [0.15, 0.2) is 0 Å². The summed E-state index contributed by atoms with van der Waals surface area (Å²) in [4.78, 5) is 0.0642. The first kappa shape index (κ1) is 14.1. The summed E-state index contributed by atoms with van der Waals surface area (Å²) < 4.78 is 26.2. The molecule has 0 bridgehead atoms. The summed E-state index contributed by atoms with van der Waals surface area (Å²) in [5.74, 6) is 0.220. The van der Waals surface area contributed by atoms with E-state index in [1.54, 1.807) is 6.07 Å². The van der Waals surface area contributed by atoms with Gasteiger partial charge in [-0.2, -0.15) is 4.31 Å². The lowest BCUT2D eigenvalue weighted by Gasteiger charge is -2.17. The monoisotopic (exact) mass is 308 g/mol. The molecule has 2 rings (SSSR count). The summed E-state index contributed by atoms with van der Waals surface area (Å²) in [5, 5.41) is 0.545. The molecule has 1 aromatic rings. The molecule has 0 saturated carbocycles. The summed E-state index contributed by atoms with van der Waals surface area (Å²) >= 11 is 11.8. The largest absolute Gasteiger partial charge is 0.330 e. The van der Waals surface area contributed by atoms with E-state index in [0.29, 0.717) is 24.7 Å². The van der Waals surface area contributed by atoms with Crippen molar-refractivity contribution in [2.45, 2.75) is 11.3 Å². The minimum absolute atomic E-state index is 0.0642. The zero-order valence-electron chi connectivity index (χ0n) is 9.64. The minimum atomic E-state index is -3.57. The lowest BCUT2D eigenvalue weighted by Crippen LogP contribution is -2.30.